The molecule has 0 radical (unpaired) electrons. The van der Waals surface area contributed by atoms with E-state index in [0.717, 1.165) is 16.7 Å². The normalized spacial score (nSPS) is 16.0. The molecule has 4 N–H and O–H groups in total. The van der Waals surface area contributed by atoms with Crippen molar-refractivity contribution in [3.8, 4) is 22.6 Å². The van der Waals surface area contributed by atoms with E-state index in [-0.39, 0.29) is 37.6 Å². The van der Waals surface area contributed by atoms with Gasteiger partial charge in [-0.15, -0.1) is 0 Å². The molecule has 13 nitrogen and oxygen atoms in total. The third-order valence-corrected chi connectivity index (χ3v) is 6.20. The lowest BCUT2D eigenvalue weighted by Gasteiger charge is -2.19. The van der Waals surface area contributed by atoms with Gasteiger partial charge in [0.25, 0.3) is 5.91 Å². The first-order valence-corrected chi connectivity index (χ1v) is 12.7. The maximum absolute atomic E-state index is 12.5. The van der Waals surface area contributed by atoms with Crippen LogP contribution in [0, 0.1) is 0 Å². The number of carboxylic acid groups (broad SMARTS) is 1. The van der Waals surface area contributed by atoms with Crippen LogP contribution in [-0.4, -0.2) is 72.1 Å². The second-order valence-corrected chi connectivity index (χ2v) is 9.12. The van der Waals surface area contributed by atoms with Crippen LogP contribution in [0.25, 0.3) is 11.1 Å². The summed E-state index contributed by atoms with van der Waals surface area (Å²) < 4.78 is 16.4. The number of aromatic nitrogens is 2. The molecule has 0 aliphatic carbocycles. The fourth-order valence-electron chi connectivity index (χ4n) is 4.30. The number of nitrogens with one attached hydrogen (secondary N) is 3. The molecule has 208 valence electrons. The zero-order valence-corrected chi connectivity index (χ0v) is 21.5. The molecular formula is C27H28N6O7. The maximum Gasteiger partial charge on any atom is 0.415 e. The van der Waals surface area contributed by atoms with E-state index in [2.05, 4.69) is 32.0 Å². The quantitative estimate of drug-likeness (QED) is 0.262. The molecule has 2 aromatic heterocycles. The molecule has 0 saturated carbocycles. The molecule has 4 heterocycles. The van der Waals surface area contributed by atoms with Gasteiger partial charge in [-0.05, 0) is 48.4 Å². The van der Waals surface area contributed by atoms with E-state index in [1.54, 1.807) is 24.5 Å². The Morgan fingerprint density at radius 1 is 1.15 bits per heavy atom. The minimum absolute atomic E-state index is 0.0613. The summed E-state index contributed by atoms with van der Waals surface area (Å²) in [6.45, 7) is 1.93. The molecule has 2 aliphatic rings. The van der Waals surface area contributed by atoms with Crippen LogP contribution in [0.4, 0.5) is 21.2 Å². The lowest BCUT2D eigenvalue weighted by molar-refractivity contribution is -0.118. The van der Waals surface area contributed by atoms with Crippen molar-refractivity contribution in [3.05, 3.63) is 60.4 Å². The third-order valence-electron chi connectivity index (χ3n) is 6.20. The molecule has 1 atom stereocenters. The minimum atomic E-state index is -1.09. The van der Waals surface area contributed by atoms with Crippen LogP contribution < -0.4 is 30.3 Å². The van der Waals surface area contributed by atoms with Crippen molar-refractivity contribution >= 4 is 29.7 Å². The van der Waals surface area contributed by atoms with Gasteiger partial charge in [0.05, 0.1) is 19.3 Å². The Hall–Kier alpha value is -4.91. The number of carbonyl (C=O) groups is 3. The summed E-state index contributed by atoms with van der Waals surface area (Å²) in [5.41, 5.74) is 2.92. The number of fused-ring (bicyclic) bond motifs is 1. The monoisotopic (exact) mass is 548 g/mol. The number of carbonyl (C=O) groups excluding carboxylic acids is 2. The van der Waals surface area contributed by atoms with Gasteiger partial charge in [0.15, 0.2) is 18.2 Å². The van der Waals surface area contributed by atoms with Crippen LogP contribution in [0.15, 0.2) is 54.9 Å². The number of anilines is 2. The highest BCUT2D eigenvalue weighted by Gasteiger charge is 2.33. The second-order valence-electron chi connectivity index (χ2n) is 9.12. The average Bonchev–Trinajstić information content (AvgIpc) is 3.33. The first kappa shape index (κ1) is 26.7. The fourth-order valence-corrected chi connectivity index (χ4v) is 4.30. The zero-order valence-electron chi connectivity index (χ0n) is 21.5. The number of nitrogens with zero attached hydrogens (tertiary/aromatic N) is 3. The molecule has 1 fully saturated rings. The van der Waals surface area contributed by atoms with E-state index in [1.807, 2.05) is 24.3 Å². The average molecular weight is 549 g/mol. The molecule has 0 bridgehead atoms. The van der Waals surface area contributed by atoms with Crippen molar-refractivity contribution in [1.82, 2.24) is 20.6 Å². The summed E-state index contributed by atoms with van der Waals surface area (Å²) in [6, 6.07) is 13.2. The Kier molecular flexibility index (Phi) is 8.21. The number of hydrogen-bond acceptors (Lipinski definition) is 9. The predicted octanol–water partition coefficient (Wildman–Crippen LogP) is 2.63. The van der Waals surface area contributed by atoms with Crippen molar-refractivity contribution in [2.24, 2.45) is 0 Å². The van der Waals surface area contributed by atoms with Gasteiger partial charge in [0.2, 0.25) is 0 Å². The summed E-state index contributed by atoms with van der Waals surface area (Å²) in [7, 11) is 0. The Balaban J connectivity index is 1.10. The SMILES string of the molecule is O=C(O)NCCOc1cncc(-c2cccc(CNCCC3CN(c4ccc5c(n4)NC(=O)CO5)C(=O)O3)c2)c1. The van der Waals surface area contributed by atoms with Gasteiger partial charge in [-0.1, -0.05) is 18.2 Å². The molecule has 3 amide bonds. The van der Waals surface area contributed by atoms with E-state index in [9.17, 15) is 14.4 Å². The van der Waals surface area contributed by atoms with Crippen LogP contribution in [0.3, 0.4) is 0 Å². The van der Waals surface area contributed by atoms with Gasteiger partial charge in [0, 0.05) is 18.3 Å². The first-order valence-electron chi connectivity index (χ1n) is 12.7. The van der Waals surface area contributed by atoms with Crippen molar-refractivity contribution in [2.45, 2.75) is 19.1 Å². The molecule has 13 heteroatoms. The van der Waals surface area contributed by atoms with Crippen LogP contribution in [-0.2, 0) is 16.1 Å². The number of rotatable bonds is 11. The number of benzene rings is 1. The first-order chi connectivity index (χ1) is 19.4. The van der Waals surface area contributed by atoms with Crippen molar-refractivity contribution in [3.63, 3.8) is 0 Å². The number of amides is 3. The van der Waals surface area contributed by atoms with Gasteiger partial charge in [0.1, 0.15) is 24.3 Å². The van der Waals surface area contributed by atoms with E-state index in [0.29, 0.717) is 43.4 Å². The summed E-state index contributed by atoms with van der Waals surface area (Å²) in [4.78, 5) is 44.6. The highest BCUT2D eigenvalue weighted by Crippen LogP contribution is 2.30. The second kappa shape index (κ2) is 12.3. The summed E-state index contributed by atoms with van der Waals surface area (Å²) in [5, 5.41) is 16.9. The van der Waals surface area contributed by atoms with Crippen LogP contribution in [0.2, 0.25) is 0 Å². The van der Waals surface area contributed by atoms with E-state index in [4.69, 9.17) is 19.3 Å². The van der Waals surface area contributed by atoms with Gasteiger partial charge >= 0.3 is 12.2 Å². The number of ether oxygens (including phenoxy) is 3. The Morgan fingerprint density at radius 2 is 2.05 bits per heavy atom. The minimum Gasteiger partial charge on any atom is -0.490 e. The van der Waals surface area contributed by atoms with Gasteiger partial charge < -0.3 is 35.3 Å². The Morgan fingerprint density at radius 3 is 2.92 bits per heavy atom. The summed E-state index contributed by atoms with van der Waals surface area (Å²) in [6.07, 6.45) is 2.07. The third kappa shape index (κ3) is 6.74. The van der Waals surface area contributed by atoms with E-state index < -0.39 is 12.2 Å². The Labute approximate surface area is 229 Å². The lowest BCUT2D eigenvalue weighted by atomic mass is 10.0. The standard InChI is InChI=1S/C27H28N6O7/c34-24-16-39-22-4-5-23(31-25(22)32-24)33-15-20(40-27(33)37)6-7-28-12-17-2-1-3-18(10-17)19-11-21(14-29-13-19)38-9-8-30-26(35)36/h1-5,10-11,13-14,20,28,30H,6-9,12,15-16H2,(H,35,36)(H,31,32,34). The van der Waals surface area contributed by atoms with Crippen LogP contribution >= 0.6 is 0 Å². The van der Waals surface area contributed by atoms with Crippen LogP contribution in [0.1, 0.15) is 12.0 Å². The molecule has 0 spiro atoms. The molecule has 1 saturated heterocycles. The number of pyridine rings is 2. The summed E-state index contributed by atoms with van der Waals surface area (Å²) in [5.74, 6) is 1.40. The van der Waals surface area contributed by atoms with Crippen molar-refractivity contribution < 1.29 is 33.7 Å². The lowest BCUT2D eigenvalue weighted by Crippen LogP contribution is -2.29. The molecule has 5 rings (SSSR count). The van der Waals surface area contributed by atoms with Gasteiger partial charge in [-0.25, -0.2) is 14.6 Å². The van der Waals surface area contributed by atoms with Crippen LogP contribution in [0.5, 0.6) is 11.5 Å². The molecule has 1 aromatic carbocycles. The Bertz CT molecular complexity index is 1400. The van der Waals surface area contributed by atoms with Crippen molar-refractivity contribution in [1.29, 1.82) is 0 Å². The fraction of sp³-hybridized carbons (Fsp3) is 0.296. The maximum atomic E-state index is 12.5. The van der Waals surface area contributed by atoms with E-state index in [1.165, 1.54) is 4.90 Å². The molecule has 3 aromatic rings. The zero-order chi connectivity index (χ0) is 27.9. The largest absolute Gasteiger partial charge is 0.490 e. The summed E-state index contributed by atoms with van der Waals surface area (Å²) >= 11 is 0. The highest BCUT2D eigenvalue weighted by molar-refractivity contribution is 5.95. The van der Waals surface area contributed by atoms with E-state index >= 15 is 0 Å². The smallest absolute Gasteiger partial charge is 0.415 e. The highest BCUT2D eigenvalue weighted by atomic mass is 16.6. The molecule has 40 heavy (non-hydrogen) atoms. The molecule has 1 unspecified atom stereocenters. The van der Waals surface area contributed by atoms with Crippen molar-refractivity contribution in [2.75, 3.05) is 43.1 Å². The van der Waals surface area contributed by atoms with Gasteiger partial charge in [-0.3, -0.25) is 14.7 Å². The predicted molar refractivity (Wildman–Crippen MR) is 143 cm³/mol. The number of cyclic esters (lactones) is 1. The topological polar surface area (TPSA) is 164 Å². The molecule has 2 aliphatic heterocycles. The molecular weight excluding hydrogens is 520 g/mol. The van der Waals surface area contributed by atoms with Gasteiger partial charge in [-0.2, -0.15) is 0 Å². The number of hydrogen-bond donors (Lipinski definition) is 4.